The third-order valence-electron chi connectivity index (χ3n) is 3.89. The van der Waals surface area contributed by atoms with Gasteiger partial charge in [0.15, 0.2) is 0 Å². The van der Waals surface area contributed by atoms with Gasteiger partial charge in [0.1, 0.15) is 0 Å². The van der Waals surface area contributed by atoms with E-state index in [0.717, 1.165) is 10.5 Å². The predicted molar refractivity (Wildman–Crippen MR) is 93.0 cm³/mol. The van der Waals surface area contributed by atoms with Crippen LogP contribution in [0.5, 0.6) is 0 Å². The molecule has 2 N–H and O–H groups in total. The Labute approximate surface area is 149 Å². The highest BCUT2D eigenvalue weighted by Gasteiger charge is 2.29. The van der Waals surface area contributed by atoms with E-state index in [4.69, 9.17) is 11.6 Å². The van der Waals surface area contributed by atoms with Crippen LogP contribution in [0.25, 0.3) is 0 Å². The van der Waals surface area contributed by atoms with Gasteiger partial charge in [0, 0.05) is 17.1 Å². The van der Waals surface area contributed by atoms with Crippen molar-refractivity contribution < 1.29 is 14.4 Å². The summed E-state index contributed by atoms with van der Waals surface area (Å²) in [4.78, 5) is 37.0. The van der Waals surface area contributed by atoms with Gasteiger partial charge in [0.05, 0.1) is 13.1 Å². The van der Waals surface area contributed by atoms with Crippen LogP contribution in [0.1, 0.15) is 21.5 Å². The van der Waals surface area contributed by atoms with Gasteiger partial charge in [-0.25, -0.2) is 4.79 Å². The van der Waals surface area contributed by atoms with Gasteiger partial charge in [-0.3, -0.25) is 14.5 Å². The maximum atomic E-state index is 12.5. The van der Waals surface area contributed by atoms with E-state index in [2.05, 4.69) is 10.6 Å². The minimum atomic E-state index is -0.443. The first-order chi connectivity index (χ1) is 12.0. The summed E-state index contributed by atoms with van der Waals surface area (Å²) in [5, 5.41) is 5.94. The number of hydrogen-bond donors (Lipinski definition) is 2. The van der Waals surface area contributed by atoms with Crippen molar-refractivity contribution >= 4 is 29.4 Å². The molecule has 0 atom stereocenters. The van der Waals surface area contributed by atoms with Crippen LogP contribution >= 0.6 is 11.6 Å². The molecular formula is C18H16ClN3O3. The number of nitrogens with zero attached hydrogens (tertiary/aromatic N) is 1. The first-order valence-corrected chi connectivity index (χ1v) is 8.11. The molecule has 0 unspecified atom stereocenters. The largest absolute Gasteiger partial charge is 0.348 e. The number of amides is 4. The van der Waals surface area contributed by atoms with E-state index in [1.807, 2.05) is 12.1 Å². The zero-order valence-corrected chi connectivity index (χ0v) is 14.0. The Morgan fingerprint density at radius 1 is 1.12 bits per heavy atom. The molecule has 4 amide bonds. The van der Waals surface area contributed by atoms with Crippen LogP contribution in [0.3, 0.4) is 0 Å². The van der Waals surface area contributed by atoms with Gasteiger partial charge < -0.3 is 10.6 Å². The third kappa shape index (κ3) is 3.97. The number of urea groups is 1. The molecule has 3 rings (SSSR count). The van der Waals surface area contributed by atoms with Crippen molar-refractivity contribution in [3.05, 3.63) is 70.2 Å². The fraction of sp³-hybridized carbons (Fsp3) is 0.167. The van der Waals surface area contributed by atoms with Crippen molar-refractivity contribution in [3.63, 3.8) is 0 Å². The van der Waals surface area contributed by atoms with Crippen molar-refractivity contribution in [1.82, 2.24) is 15.5 Å². The van der Waals surface area contributed by atoms with Crippen molar-refractivity contribution in [2.24, 2.45) is 0 Å². The van der Waals surface area contributed by atoms with Crippen LogP contribution < -0.4 is 10.6 Å². The van der Waals surface area contributed by atoms with Gasteiger partial charge in [0.2, 0.25) is 5.91 Å². The lowest BCUT2D eigenvalue weighted by atomic mass is 10.1. The summed E-state index contributed by atoms with van der Waals surface area (Å²) in [6.07, 6.45) is 0. The van der Waals surface area contributed by atoms with Gasteiger partial charge in [-0.2, -0.15) is 0 Å². The Morgan fingerprint density at radius 3 is 2.52 bits per heavy atom. The molecule has 1 fully saturated rings. The molecule has 1 heterocycles. The van der Waals surface area contributed by atoms with E-state index in [1.165, 1.54) is 0 Å². The summed E-state index contributed by atoms with van der Waals surface area (Å²) in [5.74, 6) is -0.570. The fourth-order valence-corrected chi connectivity index (χ4v) is 2.67. The minimum absolute atomic E-state index is 0.0102. The monoisotopic (exact) mass is 357 g/mol. The number of nitrogens with one attached hydrogen (secondary N) is 2. The highest BCUT2D eigenvalue weighted by Crippen LogP contribution is 2.15. The second-order valence-corrected chi connectivity index (χ2v) is 6.04. The van der Waals surface area contributed by atoms with Gasteiger partial charge in [-0.15, -0.1) is 0 Å². The molecule has 128 valence electrons. The summed E-state index contributed by atoms with van der Waals surface area (Å²) in [6.45, 7) is 0.409. The maximum absolute atomic E-state index is 12.5. The van der Waals surface area contributed by atoms with Gasteiger partial charge in [-0.05, 0) is 29.3 Å². The first kappa shape index (κ1) is 17.0. The molecule has 0 aromatic heterocycles. The van der Waals surface area contributed by atoms with Crippen molar-refractivity contribution in [3.8, 4) is 0 Å². The summed E-state index contributed by atoms with van der Waals surface area (Å²) < 4.78 is 0. The van der Waals surface area contributed by atoms with Gasteiger partial charge in [0.25, 0.3) is 5.91 Å². The van der Waals surface area contributed by atoms with E-state index in [0.29, 0.717) is 22.7 Å². The number of benzene rings is 2. The summed E-state index contributed by atoms with van der Waals surface area (Å²) in [7, 11) is 0. The van der Waals surface area contributed by atoms with Crippen molar-refractivity contribution in [1.29, 1.82) is 0 Å². The Hall–Kier alpha value is -2.86. The van der Waals surface area contributed by atoms with Crippen molar-refractivity contribution in [2.45, 2.75) is 13.1 Å². The second kappa shape index (κ2) is 7.36. The Balaban J connectivity index is 1.71. The molecule has 25 heavy (non-hydrogen) atoms. The number of carbonyl (C=O) groups excluding carboxylic acids is 3. The van der Waals surface area contributed by atoms with Gasteiger partial charge in [-0.1, -0.05) is 41.9 Å². The first-order valence-electron chi connectivity index (χ1n) is 7.73. The van der Waals surface area contributed by atoms with E-state index in [9.17, 15) is 14.4 Å². The standard InChI is InChI=1S/C18H16ClN3O3/c19-14-7-5-12(6-8-14)9-20-17(24)15-4-2-1-3-13(15)11-22-16(23)10-21-18(22)25/h1-8H,9-11H2,(H,20,24)(H,21,25). The van der Waals surface area contributed by atoms with Crippen LogP contribution in [-0.4, -0.2) is 29.3 Å². The Morgan fingerprint density at radius 2 is 1.84 bits per heavy atom. The molecule has 7 heteroatoms. The minimum Gasteiger partial charge on any atom is -0.348 e. The van der Waals surface area contributed by atoms with E-state index in [1.54, 1.807) is 36.4 Å². The highest BCUT2D eigenvalue weighted by molar-refractivity contribution is 6.30. The SMILES string of the molecule is O=C(NCc1ccc(Cl)cc1)c1ccccc1CN1C(=O)CNC1=O. The quantitative estimate of drug-likeness (QED) is 0.806. The summed E-state index contributed by atoms with van der Waals surface area (Å²) in [6, 6.07) is 13.7. The molecule has 2 aromatic rings. The molecule has 2 aromatic carbocycles. The Bertz CT molecular complexity index is 805. The van der Waals surface area contributed by atoms with E-state index >= 15 is 0 Å². The molecule has 0 radical (unpaired) electrons. The molecular weight excluding hydrogens is 342 g/mol. The van der Waals surface area contributed by atoms with Crippen molar-refractivity contribution in [2.75, 3.05) is 6.54 Å². The van der Waals surface area contributed by atoms with Crippen LogP contribution in [0.2, 0.25) is 5.02 Å². The van der Waals surface area contributed by atoms with Crippen LogP contribution in [0.15, 0.2) is 48.5 Å². The Kier molecular flexibility index (Phi) is 5.00. The molecule has 0 aliphatic carbocycles. The van der Waals surface area contributed by atoms with Crippen LogP contribution in [0, 0.1) is 0 Å². The number of rotatable bonds is 5. The molecule has 1 saturated heterocycles. The highest BCUT2D eigenvalue weighted by atomic mass is 35.5. The van der Waals surface area contributed by atoms with Crippen LogP contribution in [0.4, 0.5) is 4.79 Å². The second-order valence-electron chi connectivity index (χ2n) is 5.60. The number of hydrogen-bond acceptors (Lipinski definition) is 3. The molecule has 6 nitrogen and oxygen atoms in total. The predicted octanol–water partition coefficient (Wildman–Crippen LogP) is 2.32. The zero-order chi connectivity index (χ0) is 17.8. The maximum Gasteiger partial charge on any atom is 0.324 e. The number of carbonyl (C=O) groups is 3. The number of halogens is 1. The lowest BCUT2D eigenvalue weighted by molar-refractivity contribution is -0.125. The van der Waals surface area contributed by atoms with Gasteiger partial charge >= 0.3 is 6.03 Å². The molecule has 0 spiro atoms. The lowest BCUT2D eigenvalue weighted by Crippen LogP contribution is -2.32. The third-order valence-corrected chi connectivity index (χ3v) is 4.15. The fourth-order valence-electron chi connectivity index (χ4n) is 2.55. The average Bonchev–Trinajstić information content (AvgIpc) is 2.93. The normalized spacial score (nSPS) is 13.7. The zero-order valence-electron chi connectivity index (χ0n) is 13.3. The van der Waals surface area contributed by atoms with E-state index < -0.39 is 6.03 Å². The molecule has 0 bridgehead atoms. The smallest absolute Gasteiger partial charge is 0.324 e. The van der Waals surface area contributed by atoms with Crippen LogP contribution in [-0.2, 0) is 17.9 Å². The number of imide groups is 1. The molecule has 1 aliphatic heterocycles. The summed E-state index contributed by atoms with van der Waals surface area (Å²) >= 11 is 5.84. The lowest BCUT2D eigenvalue weighted by Gasteiger charge is -2.15. The average molecular weight is 358 g/mol. The summed E-state index contributed by atoms with van der Waals surface area (Å²) in [5.41, 5.74) is 1.97. The molecule has 1 aliphatic rings. The topological polar surface area (TPSA) is 78.5 Å². The van der Waals surface area contributed by atoms with E-state index in [-0.39, 0.29) is 24.9 Å². The molecule has 0 saturated carbocycles.